The van der Waals surface area contributed by atoms with Gasteiger partial charge in [0.05, 0.1) is 34.7 Å². The minimum absolute atomic E-state index is 0.103. The number of aliphatic carboxylic acids is 3. The zero-order valence-electron chi connectivity index (χ0n) is 50.1. The number of amides is 6. The molecule has 488 valence electrons. The minimum atomic E-state index is -2.00. The number of hydrogen-bond donors (Lipinski definition) is 14. The first-order chi connectivity index (χ1) is 43.4. The van der Waals surface area contributed by atoms with Crippen LogP contribution >= 0.6 is 45.1 Å². The molecule has 32 heteroatoms. The van der Waals surface area contributed by atoms with Gasteiger partial charge in [0.15, 0.2) is 15.7 Å². The van der Waals surface area contributed by atoms with E-state index in [-0.39, 0.29) is 74.3 Å². The second-order valence-electron chi connectivity index (χ2n) is 22.7. The molecule has 0 bridgehead atoms. The van der Waals surface area contributed by atoms with Crippen molar-refractivity contribution in [3.63, 3.8) is 0 Å². The maximum absolute atomic E-state index is 14.2. The van der Waals surface area contributed by atoms with Gasteiger partial charge in [-0.15, -0.1) is 11.3 Å². The molecule has 7 rings (SSSR count). The van der Waals surface area contributed by atoms with E-state index in [1.807, 2.05) is 26.8 Å². The molecule has 0 radical (unpaired) electrons. The molecular weight excluding hydrogens is 1270 g/mol. The first-order valence-corrected chi connectivity index (χ1v) is 32.1. The lowest BCUT2D eigenvalue weighted by Gasteiger charge is -2.36. The van der Waals surface area contributed by atoms with Crippen molar-refractivity contribution in [1.29, 1.82) is 5.26 Å². The molecule has 0 saturated carbocycles. The second kappa shape index (κ2) is 30.7. The van der Waals surface area contributed by atoms with Crippen LogP contribution in [0.5, 0.6) is 23.0 Å². The highest BCUT2D eigenvalue weighted by Gasteiger charge is 2.54. The summed E-state index contributed by atoms with van der Waals surface area (Å²) in [6.07, 6.45) is -3.32. The zero-order valence-corrected chi connectivity index (χ0v) is 53.3. The molecule has 28 nitrogen and oxygen atoms in total. The molecule has 6 amide bonds. The van der Waals surface area contributed by atoms with Crippen LogP contribution in [0.3, 0.4) is 0 Å². The van der Waals surface area contributed by atoms with Crippen molar-refractivity contribution in [2.45, 2.75) is 126 Å². The van der Waals surface area contributed by atoms with Crippen LogP contribution in [0.4, 0.5) is 11.4 Å². The number of fused-ring (bicyclic) bond motifs is 7. The highest BCUT2D eigenvalue weighted by atomic mass is 33.1. The highest BCUT2D eigenvalue weighted by molar-refractivity contribution is 8.77. The summed E-state index contributed by atoms with van der Waals surface area (Å²) in [5.74, 6) is -12.0. The Bertz CT molecular complexity index is 3710. The Morgan fingerprint density at radius 3 is 1.82 bits per heavy atom. The third-order valence-electron chi connectivity index (χ3n) is 14.1. The SMILES string of the molecule is CC(C)[C@H](NC(=O)[C@H](CC(=O)O)NC(=O)[C@H](CCC(=O)O)NC(=O)[C@H](CC(=O)O)NC(=O)[C@H](CCCCNC(=S)Nc1ccc2c(c1)C(=O)OC21c2ccc(O)cc2Oc2cc(O)ccc21)NC(=O)[C@@H](N)CSSC(C)(C)C)C(=O)Nc1ccc2nc(C#N)sc2c1. The Morgan fingerprint density at radius 2 is 1.24 bits per heavy atom. The average Bonchev–Trinajstić information content (AvgIpc) is 1.45. The molecule has 2 aliphatic heterocycles. The zero-order chi connectivity index (χ0) is 67.4. The van der Waals surface area contributed by atoms with Crippen molar-refractivity contribution < 1.29 is 83.0 Å². The number of anilines is 2. The number of nitrogens with zero attached hydrogens (tertiary/aromatic N) is 2. The lowest BCUT2D eigenvalue weighted by molar-refractivity contribution is -0.142. The molecule has 2 aliphatic rings. The number of aromatic nitrogens is 1. The van der Waals surface area contributed by atoms with Gasteiger partial charge >= 0.3 is 23.9 Å². The fourth-order valence-corrected chi connectivity index (χ4v) is 13.2. The molecular formula is C60H67N11O17S4. The van der Waals surface area contributed by atoms with Gasteiger partial charge in [-0.1, -0.05) is 62.3 Å². The standard InChI is InChI=1S/C60H67N11O17S4/c1-28(2)50(56(85)64-30-10-16-38-45(21-30)91-46(26-61)66-38)71-55(84)42(25-49(78)79)70-53(82)40(17-18-47(74)75)68-54(83)41(24-48(76)77)69-52(81)39(67-51(80)37(62)27-90-92-59(3,4)5)8-6-7-19-63-58(89)65-29-9-13-34-33(20-29)57(86)88-60(34)35-14-11-31(72)22-43(35)87-44-23-32(73)12-15-36(44)60/h9-16,20-23,28,37,39-42,50,72-73H,6-8,17-19,24-25,27,62H2,1-5H3,(H,64,85)(H,67,80)(H,68,83)(H,69,81)(H,70,82)(H,71,84)(H,74,75)(H,76,77)(H,78,79)(H2,63,65,89)/t37-,39-,40-,41-,42-,50-/m0/s1. The number of nitriles is 1. The van der Waals surface area contributed by atoms with E-state index in [1.165, 1.54) is 51.9 Å². The van der Waals surface area contributed by atoms with Gasteiger partial charge in [-0.25, -0.2) is 9.78 Å². The Hall–Kier alpha value is -9.29. The molecule has 3 heterocycles. The number of esters is 1. The van der Waals surface area contributed by atoms with Gasteiger partial charge in [-0.05, 0) is 98.4 Å². The van der Waals surface area contributed by atoms with Gasteiger partial charge in [-0.3, -0.25) is 43.2 Å². The van der Waals surface area contributed by atoms with Crippen molar-refractivity contribution in [2.24, 2.45) is 11.7 Å². The number of carbonyl (C=O) groups excluding carboxylic acids is 7. The van der Waals surface area contributed by atoms with Crippen molar-refractivity contribution in [2.75, 3.05) is 22.9 Å². The third kappa shape index (κ3) is 18.2. The van der Waals surface area contributed by atoms with E-state index in [1.54, 1.807) is 56.3 Å². The molecule has 15 N–H and O–H groups in total. The molecule has 6 atom stereocenters. The molecule has 0 saturated heterocycles. The Morgan fingerprint density at radius 1 is 0.696 bits per heavy atom. The Balaban J connectivity index is 1.01. The van der Waals surface area contributed by atoms with Crippen LogP contribution in [0.25, 0.3) is 10.2 Å². The first-order valence-electron chi connectivity index (χ1n) is 28.6. The number of hydrogen-bond acceptors (Lipinski definition) is 21. The summed E-state index contributed by atoms with van der Waals surface area (Å²) in [5, 5.41) is 80.0. The lowest BCUT2D eigenvalue weighted by Crippen LogP contribution is -2.60. The van der Waals surface area contributed by atoms with E-state index < -0.39 is 133 Å². The molecule has 92 heavy (non-hydrogen) atoms. The van der Waals surface area contributed by atoms with E-state index in [9.17, 15) is 78.7 Å². The summed E-state index contributed by atoms with van der Waals surface area (Å²) in [5.41, 5.74) is 7.43. The van der Waals surface area contributed by atoms with Crippen LogP contribution in [-0.4, -0.2) is 148 Å². The number of carboxylic acids is 3. The Kier molecular flexibility index (Phi) is 23.4. The summed E-state index contributed by atoms with van der Waals surface area (Å²) < 4.78 is 12.5. The molecule has 0 fully saturated rings. The number of ether oxygens (including phenoxy) is 2. The van der Waals surface area contributed by atoms with Gasteiger partial charge in [-0.2, -0.15) is 5.26 Å². The van der Waals surface area contributed by atoms with Crippen LogP contribution in [0, 0.1) is 17.2 Å². The number of nitrogens with one attached hydrogen (secondary N) is 8. The number of thiazole rings is 1. The van der Waals surface area contributed by atoms with Crippen LogP contribution in [-0.2, 0) is 53.5 Å². The number of carbonyl (C=O) groups is 10. The fourth-order valence-electron chi connectivity index (χ4n) is 9.72. The van der Waals surface area contributed by atoms with Crippen LogP contribution in [0.2, 0.25) is 0 Å². The molecule has 1 spiro atoms. The number of benzene rings is 4. The lowest BCUT2D eigenvalue weighted by atomic mass is 9.77. The van der Waals surface area contributed by atoms with Gasteiger partial charge in [0.2, 0.25) is 35.4 Å². The summed E-state index contributed by atoms with van der Waals surface area (Å²) in [4.78, 5) is 137. The smallest absolute Gasteiger partial charge is 0.340 e. The number of nitrogens with two attached hydrogens (primary N) is 1. The largest absolute Gasteiger partial charge is 0.508 e. The number of phenolic OH excluding ortho intramolecular Hbond substituents is 2. The topological polar surface area (TPSA) is 449 Å². The Labute approximate surface area is 543 Å². The minimum Gasteiger partial charge on any atom is -0.508 e. The summed E-state index contributed by atoms with van der Waals surface area (Å²) >= 11 is 6.65. The predicted octanol–water partition coefficient (Wildman–Crippen LogP) is 4.64. The molecule has 4 aromatic carbocycles. The van der Waals surface area contributed by atoms with Gasteiger partial charge in [0.25, 0.3) is 0 Å². The van der Waals surface area contributed by atoms with Crippen molar-refractivity contribution in [3.8, 4) is 29.1 Å². The van der Waals surface area contributed by atoms with E-state index in [4.69, 9.17) is 27.4 Å². The maximum Gasteiger partial charge on any atom is 0.340 e. The number of carboxylic acid groups (broad SMARTS) is 3. The molecule has 1 aromatic heterocycles. The average molecular weight is 1340 g/mol. The van der Waals surface area contributed by atoms with Crippen molar-refractivity contribution in [1.82, 2.24) is 36.9 Å². The normalized spacial score (nSPS) is 14.6. The number of phenols is 2. The van der Waals surface area contributed by atoms with E-state index in [2.05, 4.69) is 47.5 Å². The number of rotatable bonds is 29. The van der Waals surface area contributed by atoms with Crippen LogP contribution in [0.1, 0.15) is 112 Å². The van der Waals surface area contributed by atoms with E-state index in [0.29, 0.717) is 39.0 Å². The number of unbranched alkanes of at least 4 members (excludes halogenated alkanes) is 1. The van der Waals surface area contributed by atoms with Gasteiger partial charge in [0, 0.05) is 63.7 Å². The highest BCUT2D eigenvalue weighted by Crippen LogP contribution is 2.57. The molecule has 0 unspecified atom stereocenters. The maximum atomic E-state index is 14.2. The fraction of sp³-hybridized carbons (Fsp3) is 0.383. The number of aromatic hydroxyl groups is 2. The van der Waals surface area contributed by atoms with Gasteiger partial charge in [0.1, 0.15) is 59.3 Å². The molecule has 0 aliphatic carbocycles. The van der Waals surface area contributed by atoms with Crippen molar-refractivity contribution >= 4 is 131 Å². The van der Waals surface area contributed by atoms with Crippen LogP contribution < -0.4 is 53.0 Å². The predicted molar refractivity (Wildman–Crippen MR) is 343 cm³/mol. The van der Waals surface area contributed by atoms with Gasteiger partial charge < -0.3 is 83.3 Å². The van der Waals surface area contributed by atoms with Crippen molar-refractivity contribution in [3.05, 3.63) is 100 Å². The summed E-state index contributed by atoms with van der Waals surface area (Å²) in [6.45, 7) is 9.20. The first kappa shape index (κ1) is 70.2. The van der Waals surface area contributed by atoms with Crippen LogP contribution in [0.15, 0.2) is 72.8 Å². The van der Waals surface area contributed by atoms with E-state index in [0.717, 1.165) is 11.3 Å². The summed E-state index contributed by atoms with van der Waals surface area (Å²) in [6, 6.07) is 10.5. The molecule has 5 aromatic rings. The second-order valence-corrected chi connectivity index (χ2v) is 27.3. The number of thiocarbonyl (C=S) groups is 1. The summed E-state index contributed by atoms with van der Waals surface area (Å²) in [7, 11) is 2.77. The monoisotopic (exact) mass is 1340 g/mol. The quantitative estimate of drug-likeness (QED) is 0.0134. The third-order valence-corrected chi connectivity index (χ3v) is 18.6. The van der Waals surface area contributed by atoms with E-state index >= 15 is 0 Å².